The van der Waals surface area contributed by atoms with Crippen molar-refractivity contribution in [3.63, 3.8) is 0 Å². The zero-order valence-electron chi connectivity index (χ0n) is 20.3. The number of rotatable bonds is 9. The molecule has 3 aromatic heterocycles. The van der Waals surface area contributed by atoms with Gasteiger partial charge in [-0.25, -0.2) is 0 Å². The van der Waals surface area contributed by atoms with Crippen molar-refractivity contribution in [2.24, 2.45) is 0 Å². The molecule has 0 aromatic carbocycles. The molecular weight excluding hydrogens is 486 g/mol. The molecule has 2 aliphatic heterocycles. The lowest BCUT2D eigenvalue weighted by molar-refractivity contribution is -0.122. The fraction of sp³-hybridized carbons (Fsp3) is 0.652. The molecule has 12 heteroatoms. The number of nitrogens with zero attached hydrogens (tertiary/aromatic N) is 8. The Hall–Kier alpha value is -2.37. The molecule has 0 unspecified atom stereocenters. The number of aryl methyl sites for hydroxylation is 1. The van der Waals surface area contributed by atoms with Crippen LogP contribution in [0.15, 0.2) is 18.5 Å². The minimum Gasteiger partial charge on any atom is -0.347 e. The summed E-state index contributed by atoms with van der Waals surface area (Å²) < 4.78 is 3.12. The van der Waals surface area contributed by atoms with Gasteiger partial charge >= 0.3 is 0 Å². The fourth-order valence-corrected chi connectivity index (χ4v) is 6.91. The Morgan fingerprint density at radius 1 is 1.20 bits per heavy atom. The SMILES string of the molecule is Cc1nnc(C(C)C)n1C1C[C@@H]2CC[C@@H](C1)N2CC[C@H](NC(=O)Cn1ncnn1)c1ccc(Cl)s1. The third-order valence-corrected chi connectivity index (χ3v) is 8.60. The predicted octanol–water partition coefficient (Wildman–Crippen LogP) is 3.53. The van der Waals surface area contributed by atoms with E-state index in [-0.39, 0.29) is 18.5 Å². The van der Waals surface area contributed by atoms with Gasteiger partial charge < -0.3 is 9.88 Å². The van der Waals surface area contributed by atoms with Crippen LogP contribution in [-0.2, 0) is 11.3 Å². The highest BCUT2D eigenvalue weighted by molar-refractivity contribution is 7.16. The molecule has 35 heavy (non-hydrogen) atoms. The van der Waals surface area contributed by atoms with Crippen LogP contribution in [0.3, 0.4) is 0 Å². The number of hydrogen-bond donors (Lipinski definition) is 1. The van der Waals surface area contributed by atoms with Crippen molar-refractivity contribution in [1.82, 2.24) is 45.2 Å². The average molecular weight is 518 g/mol. The lowest BCUT2D eigenvalue weighted by Gasteiger charge is -2.40. The maximum Gasteiger partial charge on any atom is 0.244 e. The number of thiophene rings is 1. The van der Waals surface area contributed by atoms with Crippen LogP contribution in [0, 0.1) is 6.92 Å². The number of halogens is 1. The Kier molecular flexibility index (Phi) is 7.17. The third kappa shape index (κ3) is 5.26. The van der Waals surface area contributed by atoms with E-state index in [1.54, 1.807) is 0 Å². The topological polar surface area (TPSA) is 107 Å². The number of amides is 1. The van der Waals surface area contributed by atoms with Crippen LogP contribution in [0.4, 0.5) is 0 Å². The normalized spacial score (nSPS) is 23.2. The number of carbonyl (C=O) groups excluding carboxylic acids is 1. The molecule has 1 amide bonds. The standard InChI is InChI=1S/C23H32ClN9OS/c1-14(2)23-29-28-15(3)33(23)18-10-16-4-5-17(11-18)31(16)9-8-19(20-6-7-21(24)35-20)27-22(34)12-32-26-13-25-30-32/h6-7,13-14,16-19H,4-5,8-12H2,1-3H3,(H,27,34)/t16-,17-,19-/m0/s1. The van der Waals surface area contributed by atoms with Crippen molar-refractivity contribution in [3.05, 3.63) is 39.3 Å². The van der Waals surface area contributed by atoms with E-state index in [4.69, 9.17) is 11.6 Å². The van der Waals surface area contributed by atoms with E-state index in [9.17, 15) is 4.79 Å². The molecule has 1 N–H and O–H groups in total. The Morgan fingerprint density at radius 3 is 2.60 bits per heavy atom. The Labute approximate surface area is 214 Å². The number of nitrogens with one attached hydrogen (secondary N) is 1. The second-order valence-electron chi connectivity index (χ2n) is 9.90. The maximum absolute atomic E-state index is 12.7. The van der Waals surface area contributed by atoms with Gasteiger partial charge in [0.25, 0.3) is 0 Å². The van der Waals surface area contributed by atoms with Crippen molar-refractivity contribution >= 4 is 28.8 Å². The zero-order chi connectivity index (χ0) is 24.5. The van der Waals surface area contributed by atoms with E-state index < -0.39 is 0 Å². The smallest absolute Gasteiger partial charge is 0.244 e. The van der Waals surface area contributed by atoms with Gasteiger partial charge in [-0.05, 0) is 56.4 Å². The summed E-state index contributed by atoms with van der Waals surface area (Å²) >= 11 is 7.74. The number of aromatic nitrogens is 7. The van der Waals surface area contributed by atoms with Crippen molar-refractivity contribution < 1.29 is 4.79 Å². The maximum atomic E-state index is 12.7. The number of hydrogen-bond acceptors (Lipinski definition) is 8. The largest absolute Gasteiger partial charge is 0.347 e. The highest BCUT2D eigenvalue weighted by Gasteiger charge is 2.42. The van der Waals surface area contributed by atoms with Gasteiger partial charge in [0.1, 0.15) is 18.2 Å². The van der Waals surface area contributed by atoms with Crippen molar-refractivity contribution in [2.45, 2.75) is 89.5 Å². The first-order valence-corrected chi connectivity index (χ1v) is 13.5. The lowest BCUT2D eigenvalue weighted by Crippen LogP contribution is -2.45. The Balaban J connectivity index is 1.25. The van der Waals surface area contributed by atoms with Crippen LogP contribution in [0.1, 0.15) is 80.5 Å². The monoisotopic (exact) mass is 517 g/mol. The predicted molar refractivity (Wildman–Crippen MR) is 133 cm³/mol. The summed E-state index contributed by atoms with van der Waals surface area (Å²) in [5.41, 5.74) is 0. The molecule has 188 valence electrons. The minimum atomic E-state index is -0.136. The minimum absolute atomic E-state index is 0.0444. The van der Waals surface area contributed by atoms with E-state index in [0.29, 0.717) is 24.0 Å². The molecule has 2 fully saturated rings. The number of fused-ring (bicyclic) bond motifs is 2. The first kappa shape index (κ1) is 24.3. The van der Waals surface area contributed by atoms with E-state index >= 15 is 0 Å². The molecular formula is C23H32ClN9OS. The lowest BCUT2D eigenvalue weighted by atomic mass is 9.95. The summed E-state index contributed by atoms with van der Waals surface area (Å²) in [5, 5.41) is 23.4. The van der Waals surface area contributed by atoms with Crippen LogP contribution < -0.4 is 5.32 Å². The molecule has 10 nitrogen and oxygen atoms in total. The van der Waals surface area contributed by atoms with Crippen molar-refractivity contribution in [1.29, 1.82) is 0 Å². The summed E-state index contributed by atoms with van der Waals surface area (Å²) in [7, 11) is 0. The first-order valence-electron chi connectivity index (χ1n) is 12.3. The molecule has 5 heterocycles. The summed E-state index contributed by atoms with van der Waals surface area (Å²) in [6.45, 7) is 7.42. The molecule has 2 saturated heterocycles. The van der Waals surface area contributed by atoms with E-state index in [1.165, 1.54) is 35.3 Å². The van der Waals surface area contributed by atoms with Crippen LogP contribution in [0.2, 0.25) is 4.34 Å². The average Bonchev–Trinajstić information content (AvgIpc) is 3.60. The highest BCUT2D eigenvalue weighted by atomic mass is 35.5. The summed E-state index contributed by atoms with van der Waals surface area (Å²) in [4.78, 5) is 17.7. The quantitative estimate of drug-likeness (QED) is 0.462. The molecule has 0 radical (unpaired) electrons. The van der Waals surface area contributed by atoms with E-state index in [0.717, 1.165) is 46.7 Å². The van der Waals surface area contributed by atoms with E-state index in [2.05, 4.69) is 61.2 Å². The molecule has 0 aliphatic carbocycles. The van der Waals surface area contributed by atoms with Gasteiger partial charge in [0, 0.05) is 35.5 Å². The molecule has 2 aliphatic rings. The Bertz CT molecular complexity index is 1130. The van der Waals surface area contributed by atoms with Crippen LogP contribution in [0.5, 0.6) is 0 Å². The molecule has 0 saturated carbocycles. The van der Waals surface area contributed by atoms with Crippen molar-refractivity contribution in [2.75, 3.05) is 6.54 Å². The first-order chi connectivity index (χ1) is 16.9. The van der Waals surface area contributed by atoms with Gasteiger partial charge in [-0.3, -0.25) is 9.69 Å². The van der Waals surface area contributed by atoms with Gasteiger partial charge in [0.2, 0.25) is 5.91 Å². The van der Waals surface area contributed by atoms with Gasteiger partial charge in [-0.2, -0.15) is 4.80 Å². The van der Waals surface area contributed by atoms with Gasteiger partial charge in [-0.15, -0.1) is 31.7 Å². The number of carbonyl (C=O) groups is 1. The Morgan fingerprint density at radius 2 is 1.97 bits per heavy atom. The highest BCUT2D eigenvalue weighted by Crippen LogP contribution is 2.42. The molecule has 3 atom stereocenters. The molecule has 0 spiro atoms. The second kappa shape index (κ2) is 10.3. The number of piperidine rings is 1. The summed E-state index contributed by atoms with van der Waals surface area (Å²) in [6, 6.07) is 5.34. The molecule has 5 rings (SSSR count). The number of tetrazole rings is 1. The molecule has 2 bridgehead atoms. The van der Waals surface area contributed by atoms with Gasteiger partial charge in [0.05, 0.1) is 10.4 Å². The second-order valence-corrected chi connectivity index (χ2v) is 11.6. The van der Waals surface area contributed by atoms with Crippen molar-refractivity contribution in [3.8, 4) is 0 Å². The van der Waals surface area contributed by atoms with Crippen LogP contribution in [0.25, 0.3) is 0 Å². The van der Waals surface area contributed by atoms with Gasteiger partial charge in [-0.1, -0.05) is 25.4 Å². The van der Waals surface area contributed by atoms with Crippen LogP contribution >= 0.6 is 22.9 Å². The molecule has 3 aromatic rings. The van der Waals surface area contributed by atoms with Gasteiger partial charge in [0.15, 0.2) is 6.33 Å². The summed E-state index contributed by atoms with van der Waals surface area (Å²) in [5.74, 6) is 2.34. The van der Waals surface area contributed by atoms with Crippen LogP contribution in [-0.4, -0.2) is 64.4 Å². The fourth-order valence-electron chi connectivity index (χ4n) is 5.76. The zero-order valence-corrected chi connectivity index (χ0v) is 21.9. The third-order valence-electron chi connectivity index (χ3n) is 7.26. The summed E-state index contributed by atoms with van der Waals surface area (Å²) in [6.07, 6.45) is 6.84. The van der Waals surface area contributed by atoms with E-state index in [1.807, 2.05) is 12.1 Å².